The molecule has 0 amide bonds. The van der Waals surface area contributed by atoms with Crippen LogP contribution in [0.15, 0.2) is 28.7 Å². The van der Waals surface area contributed by atoms with Crippen LogP contribution in [0.25, 0.3) is 0 Å². The van der Waals surface area contributed by atoms with Crippen LogP contribution in [-0.4, -0.2) is 0 Å². The zero-order valence-electron chi connectivity index (χ0n) is 12.6. The van der Waals surface area contributed by atoms with E-state index in [-0.39, 0.29) is 5.38 Å². The van der Waals surface area contributed by atoms with E-state index in [1.54, 1.807) is 0 Å². The van der Waals surface area contributed by atoms with Crippen molar-refractivity contribution in [2.75, 3.05) is 0 Å². The maximum atomic E-state index is 6.81. The predicted octanol–water partition coefficient (Wildman–Crippen LogP) is 6.32. The lowest BCUT2D eigenvalue weighted by atomic mass is 9.86. The molecule has 0 fully saturated rings. The molecule has 1 unspecified atom stereocenters. The molecule has 0 aliphatic rings. The van der Waals surface area contributed by atoms with E-state index in [0.717, 1.165) is 10.0 Å². The Balaban J connectivity index is 2.68. The number of rotatable bonds is 2. The van der Waals surface area contributed by atoms with Crippen LogP contribution in [0.4, 0.5) is 0 Å². The van der Waals surface area contributed by atoms with Crippen molar-refractivity contribution in [3.8, 4) is 0 Å². The molecule has 0 N–H and O–H groups in total. The predicted molar refractivity (Wildman–Crippen MR) is 92.0 cm³/mol. The molecular formula is C18H20BrCl. The first-order valence-electron chi connectivity index (χ1n) is 6.81. The van der Waals surface area contributed by atoms with Gasteiger partial charge in [0.15, 0.2) is 0 Å². The van der Waals surface area contributed by atoms with Gasteiger partial charge in [-0.2, -0.15) is 0 Å². The minimum atomic E-state index is -0.122. The molecule has 2 heteroatoms. The van der Waals surface area contributed by atoms with Gasteiger partial charge in [0.05, 0.1) is 5.38 Å². The Labute approximate surface area is 135 Å². The summed E-state index contributed by atoms with van der Waals surface area (Å²) in [6.07, 6.45) is 0. The molecule has 0 aliphatic carbocycles. The Bertz CT molecular complexity index is 630. The number of halogens is 2. The largest absolute Gasteiger partial charge is 0.113 e. The highest BCUT2D eigenvalue weighted by molar-refractivity contribution is 9.10. The minimum Gasteiger partial charge on any atom is -0.113 e. The van der Waals surface area contributed by atoms with Gasteiger partial charge < -0.3 is 0 Å². The van der Waals surface area contributed by atoms with Crippen LogP contribution < -0.4 is 0 Å². The van der Waals surface area contributed by atoms with Crippen LogP contribution in [0.1, 0.15) is 44.3 Å². The van der Waals surface area contributed by atoms with E-state index in [1.807, 2.05) is 18.2 Å². The monoisotopic (exact) mass is 350 g/mol. The zero-order chi connectivity index (χ0) is 15.0. The summed E-state index contributed by atoms with van der Waals surface area (Å²) in [4.78, 5) is 0. The van der Waals surface area contributed by atoms with Gasteiger partial charge in [-0.3, -0.25) is 0 Å². The average molecular weight is 352 g/mol. The summed E-state index contributed by atoms with van der Waals surface area (Å²) in [5, 5.41) is -0.122. The van der Waals surface area contributed by atoms with E-state index in [0.29, 0.717) is 0 Å². The van der Waals surface area contributed by atoms with Crippen LogP contribution in [0, 0.1) is 34.6 Å². The van der Waals surface area contributed by atoms with Crippen molar-refractivity contribution in [3.05, 3.63) is 67.7 Å². The second kappa shape index (κ2) is 5.91. The van der Waals surface area contributed by atoms with Crippen LogP contribution in [0.2, 0.25) is 0 Å². The van der Waals surface area contributed by atoms with Crippen molar-refractivity contribution >= 4 is 27.5 Å². The fourth-order valence-corrected chi connectivity index (χ4v) is 3.91. The molecule has 2 aromatic rings. The van der Waals surface area contributed by atoms with Crippen LogP contribution >= 0.6 is 27.5 Å². The zero-order valence-corrected chi connectivity index (χ0v) is 15.0. The van der Waals surface area contributed by atoms with E-state index in [1.165, 1.54) is 33.4 Å². The van der Waals surface area contributed by atoms with E-state index in [4.69, 9.17) is 11.6 Å². The van der Waals surface area contributed by atoms with Gasteiger partial charge in [-0.25, -0.2) is 0 Å². The highest BCUT2D eigenvalue weighted by atomic mass is 79.9. The highest BCUT2D eigenvalue weighted by Crippen LogP contribution is 2.39. The van der Waals surface area contributed by atoms with Gasteiger partial charge in [-0.1, -0.05) is 34.1 Å². The Hall–Kier alpha value is -0.790. The lowest BCUT2D eigenvalue weighted by Gasteiger charge is -2.23. The molecule has 2 aromatic carbocycles. The summed E-state index contributed by atoms with van der Waals surface area (Å²) in [5.74, 6) is 0. The summed E-state index contributed by atoms with van der Waals surface area (Å²) in [5.41, 5.74) is 9.06. The van der Waals surface area contributed by atoms with Gasteiger partial charge in [-0.15, -0.1) is 11.6 Å². The van der Waals surface area contributed by atoms with Gasteiger partial charge in [0.2, 0.25) is 0 Å². The summed E-state index contributed by atoms with van der Waals surface area (Å²) < 4.78 is 1.06. The second-order valence-electron chi connectivity index (χ2n) is 5.42. The molecular weight excluding hydrogens is 332 g/mol. The number of alkyl halides is 1. The number of benzene rings is 2. The van der Waals surface area contributed by atoms with Gasteiger partial charge in [0.25, 0.3) is 0 Å². The smallest absolute Gasteiger partial charge is 0.0851 e. The molecule has 0 aromatic heterocycles. The summed E-state index contributed by atoms with van der Waals surface area (Å²) >= 11 is 10.4. The second-order valence-corrected chi connectivity index (χ2v) is 6.71. The fraction of sp³-hybridized carbons (Fsp3) is 0.333. The Morgan fingerprint density at radius 3 is 1.75 bits per heavy atom. The first-order chi connectivity index (χ1) is 9.36. The van der Waals surface area contributed by atoms with Crippen molar-refractivity contribution in [1.82, 2.24) is 0 Å². The van der Waals surface area contributed by atoms with Crippen molar-refractivity contribution in [1.29, 1.82) is 0 Å². The topological polar surface area (TPSA) is 0 Å². The van der Waals surface area contributed by atoms with Crippen molar-refractivity contribution < 1.29 is 0 Å². The molecule has 0 nitrogen and oxygen atoms in total. The van der Waals surface area contributed by atoms with Gasteiger partial charge in [-0.05, 0) is 79.6 Å². The van der Waals surface area contributed by atoms with Crippen molar-refractivity contribution in [3.63, 3.8) is 0 Å². The molecule has 0 radical (unpaired) electrons. The van der Waals surface area contributed by atoms with Crippen LogP contribution in [0.3, 0.4) is 0 Å². The molecule has 0 spiro atoms. The van der Waals surface area contributed by atoms with Crippen molar-refractivity contribution in [2.24, 2.45) is 0 Å². The summed E-state index contributed by atoms with van der Waals surface area (Å²) in [7, 11) is 0. The minimum absolute atomic E-state index is 0.122. The molecule has 0 saturated carbocycles. The standard InChI is InChI=1S/C18H20BrCl/c1-10-11(2)13(4)17(14(5)12(10)3)18(20)15-8-6-7-9-16(15)19/h6-9,18H,1-5H3. The van der Waals surface area contributed by atoms with Crippen molar-refractivity contribution in [2.45, 2.75) is 40.0 Å². The normalized spacial score (nSPS) is 12.6. The molecule has 1 atom stereocenters. The first kappa shape index (κ1) is 15.6. The van der Waals surface area contributed by atoms with E-state index < -0.39 is 0 Å². The van der Waals surface area contributed by atoms with Gasteiger partial charge >= 0.3 is 0 Å². The highest BCUT2D eigenvalue weighted by Gasteiger charge is 2.21. The van der Waals surface area contributed by atoms with Gasteiger partial charge in [0, 0.05) is 4.47 Å². The molecule has 106 valence electrons. The molecule has 0 bridgehead atoms. The first-order valence-corrected chi connectivity index (χ1v) is 8.04. The maximum Gasteiger partial charge on any atom is 0.0851 e. The molecule has 0 heterocycles. The number of hydrogen-bond donors (Lipinski definition) is 0. The third-order valence-corrected chi connectivity index (χ3v) is 5.67. The van der Waals surface area contributed by atoms with E-state index in [2.05, 4.69) is 56.6 Å². The summed E-state index contributed by atoms with van der Waals surface area (Å²) in [6.45, 7) is 10.9. The average Bonchev–Trinajstić information content (AvgIpc) is 2.43. The van der Waals surface area contributed by atoms with Crippen LogP contribution in [0.5, 0.6) is 0 Å². The van der Waals surface area contributed by atoms with Crippen LogP contribution in [-0.2, 0) is 0 Å². The Morgan fingerprint density at radius 2 is 1.25 bits per heavy atom. The van der Waals surface area contributed by atoms with Gasteiger partial charge in [0.1, 0.15) is 0 Å². The lowest BCUT2D eigenvalue weighted by Crippen LogP contribution is -2.06. The third kappa shape index (κ3) is 2.54. The number of hydrogen-bond acceptors (Lipinski definition) is 0. The molecule has 0 saturated heterocycles. The Morgan fingerprint density at radius 1 is 0.800 bits per heavy atom. The summed E-state index contributed by atoms with van der Waals surface area (Å²) in [6, 6.07) is 8.19. The SMILES string of the molecule is Cc1c(C)c(C)c(C(Cl)c2ccccc2Br)c(C)c1C. The molecule has 0 aliphatic heterocycles. The van der Waals surface area contributed by atoms with E-state index in [9.17, 15) is 0 Å². The molecule has 20 heavy (non-hydrogen) atoms. The quantitative estimate of drug-likeness (QED) is 0.555. The fourth-order valence-electron chi connectivity index (χ4n) is 2.75. The Kier molecular flexibility index (Phi) is 4.61. The lowest BCUT2D eigenvalue weighted by molar-refractivity contribution is 1.03. The maximum absolute atomic E-state index is 6.81. The third-order valence-electron chi connectivity index (χ3n) is 4.49. The van der Waals surface area contributed by atoms with E-state index >= 15 is 0 Å². The molecule has 2 rings (SSSR count).